The molecule has 0 aromatic carbocycles. The molecule has 0 aromatic heterocycles. The van der Waals surface area contributed by atoms with E-state index in [1.165, 1.54) is 12.8 Å². The molecule has 2 nitrogen and oxygen atoms in total. The summed E-state index contributed by atoms with van der Waals surface area (Å²) in [6, 6.07) is 1.08. The average molecular weight is 244 g/mol. The number of unbranched alkanes of at least 4 members (excludes halogenated alkanes) is 1. The van der Waals surface area contributed by atoms with Crippen molar-refractivity contribution >= 4 is 49.6 Å². The lowest BCUT2D eigenvalue weighted by molar-refractivity contribution is 0.485. The van der Waals surface area contributed by atoms with E-state index in [4.69, 9.17) is 30.4 Å². The van der Waals surface area contributed by atoms with Gasteiger partial charge in [0.25, 0.3) is 0 Å². The SMILES string of the molecule is CCCC[Si]O[Si](Cl)O[Si]Cl. The molecule has 0 fully saturated rings. The monoisotopic (exact) mass is 243 g/mol. The van der Waals surface area contributed by atoms with E-state index in [1.807, 2.05) is 0 Å². The summed E-state index contributed by atoms with van der Waals surface area (Å²) in [5, 5.41) is 0. The van der Waals surface area contributed by atoms with Crippen LogP contribution in [-0.4, -0.2) is 27.4 Å². The van der Waals surface area contributed by atoms with Gasteiger partial charge in [-0.1, -0.05) is 30.8 Å². The van der Waals surface area contributed by atoms with Crippen molar-refractivity contribution < 1.29 is 8.23 Å². The predicted octanol–water partition coefficient (Wildman–Crippen LogP) is 1.85. The minimum absolute atomic E-state index is 0.0847. The van der Waals surface area contributed by atoms with Crippen molar-refractivity contribution in [3.63, 3.8) is 0 Å². The number of halogens is 2. The minimum atomic E-state index is -1.56. The molecule has 0 unspecified atom stereocenters. The molecule has 11 heavy (non-hydrogen) atoms. The predicted molar refractivity (Wildman–Crippen MR) is 50.9 cm³/mol. The molecule has 63 valence electrons. The Labute approximate surface area is 83.7 Å². The highest BCUT2D eigenvalue weighted by molar-refractivity contribution is 7.05. The van der Waals surface area contributed by atoms with Gasteiger partial charge in [0.1, 0.15) is 0 Å². The summed E-state index contributed by atoms with van der Waals surface area (Å²) in [5.74, 6) is 0. The van der Waals surface area contributed by atoms with Crippen LogP contribution in [0, 0.1) is 0 Å². The van der Waals surface area contributed by atoms with Crippen LogP contribution in [0.2, 0.25) is 6.04 Å². The van der Waals surface area contributed by atoms with E-state index >= 15 is 0 Å². The van der Waals surface area contributed by atoms with E-state index in [2.05, 4.69) is 6.92 Å². The van der Waals surface area contributed by atoms with Crippen molar-refractivity contribution in [3.8, 4) is 0 Å². The third kappa shape index (κ3) is 9.06. The largest absolute Gasteiger partial charge is 0.484 e. The number of rotatable bonds is 7. The van der Waals surface area contributed by atoms with Gasteiger partial charge >= 0.3 is 17.7 Å². The first-order chi connectivity index (χ1) is 5.31. The Hall–Kier alpha value is 1.15. The molecule has 7 heteroatoms. The smallest absolute Gasteiger partial charge is 0.423 e. The highest BCUT2D eigenvalue weighted by Gasteiger charge is 2.10. The van der Waals surface area contributed by atoms with E-state index in [9.17, 15) is 0 Å². The van der Waals surface area contributed by atoms with Gasteiger partial charge in [-0.15, -0.1) is 11.1 Å². The molecular formula is C4H9Cl2O2Si3. The summed E-state index contributed by atoms with van der Waals surface area (Å²) in [5.41, 5.74) is 0. The summed E-state index contributed by atoms with van der Waals surface area (Å²) < 4.78 is 10.0. The van der Waals surface area contributed by atoms with E-state index in [-0.39, 0.29) is 9.07 Å². The van der Waals surface area contributed by atoms with Crippen molar-refractivity contribution in [2.24, 2.45) is 0 Å². The third-order valence-electron chi connectivity index (χ3n) is 0.904. The molecule has 0 atom stereocenters. The van der Waals surface area contributed by atoms with Gasteiger partial charge in [0.15, 0.2) is 0 Å². The Kier molecular flexibility index (Phi) is 10.2. The number of hydrogen-bond donors (Lipinski definition) is 0. The lowest BCUT2D eigenvalue weighted by Gasteiger charge is -2.04. The fourth-order valence-corrected chi connectivity index (χ4v) is 4.38. The van der Waals surface area contributed by atoms with Gasteiger partial charge < -0.3 is 8.23 Å². The Morgan fingerprint density at radius 2 is 2.18 bits per heavy atom. The van der Waals surface area contributed by atoms with Gasteiger partial charge in [0.05, 0.1) is 0 Å². The average Bonchev–Trinajstić information content (AvgIpc) is 1.99. The van der Waals surface area contributed by atoms with Crippen LogP contribution in [0.15, 0.2) is 0 Å². The lowest BCUT2D eigenvalue weighted by Crippen LogP contribution is -2.18. The Morgan fingerprint density at radius 1 is 1.45 bits per heavy atom. The van der Waals surface area contributed by atoms with Crippen molar-refractivity contribution in [2.45, 2.75) is 25.8 Å². The molecule has 5 radical (unpaired) electrons. The van der Waals surface area contributed by atoms with E-state index in [1.54, 1.807) is 0 Å². The maximum atomic E-state index is 5.65. The number of hydrogen-bond acceptors (Lipinski definition) is 2. The zero-order valence-electron chi connectivity index (χ0n) is 6.19. The lowest BCUT2D eigenvalue weighted by atomic mass is 10.4. The second kappa shape index (κ2) is 9.24. The zero-order valence-corrected chi connectivity index (χ0v) is 10.7. The molecule has 0 saturated carbocycles. The normalized spacial score (nSPS) is 10.9. The highest BCUT2D eigenvalue weighted by atomic mass is 35.6. The molecule has 0 rings (SSSR count). The van der Waals surface area contributed by atoms with Gasteiger partial charge in [-0.2, -0.15) is 0 Å². The molecule has 0 aliphatic heterocycles. The Balaban J connectivity index is 2.97. The highest BCUT2D eigenvalue weighted by Crippen LogP contribution is 1.98. The van der Waals surface area contributed by atoms with E-state index in [0.717, 1.165) is 6.04 Å². The quantitative estimate of drug-likeness (QED) is 0.386. The first kappa shape index (κ1) is 12.2. The van der Waals surface area contributed by atoms with Crippen LogP contribution in [0.3, 0.4) is 0 Å². The van der Waals surface area contributed by atoms with Gasteiger partial charge in [0.2, 0.25) is 9.76 Å². The molecule has 0 heterocycles. The van der Waals surface area contributed by atoms with Gasteiger partial charge in [-0.05, 0) is 6.04 Å². The maximum Gasteiger partial charge on any atom is 0.484 e. The summed E-state index contributed by atoms with van der Waals surface area (Å²) in [7, 11) is -1.18. The summed E-state index contributed by atoms with van der Waals surface area (Å²) in [6.07, 6.45) is 2.38. The van der Waals surface area contributed by atoms with E-state index < -0.39 is 8.59 Å². The first-order valence-corrected chi connectivity index (χ1v) is 8.62. The van der Waals surface area contributed by atoms with Crippen LogP contribution in [0.5, 0.6) is 0 Å². The van der Waals surface area contributed by atoms with Gasteiger partial charge in [0, 0.05) is 0 Å². The molecular weight excluding hydrogens is 235 g/mol. The molecule has 0 amide bonds. The summed E-state index contributed by atoms with van der Waals surface area (Å²) in [6.45, 7) is 2.15. The van der Waals surface area contributed by atoms with Gasteiger partial charge in [-0.25, -0.2) is 0 Å². The maximum absolute atomic E-state index is 5.65. The van der Waals surface area contributed by atoms with E-state index in [0.29, 0.717) is 9.76 Å². The van der Waals surface area contributed by atoms with Crippen molar-refractivity contribution in [1.82, 2.24) is 0 Å². The summed E-state index contributed by atoms with van der Waals surface area (Å²) >= 11 is 11.0. The second-order valence-corrected chi connectivity index (χ2v) is 6.21. The molecule has 0 saturated heterocycles. The van der Waals surface area contributed by atoms with Crippen LogP contribution in [0.4, 0.5) is 0 Å². The fraction of sp³-hybridized carbons (Fsp3) is 1.00. The zero-order chi connectivity index (χ0) is 8.53. The van der Waals surface area contributed by atoms with Gasteiger partial charge in [-0.3, -0.25) is 0 Å². The summed E-state index contributed by atoms with van der Waals surface area (Å²) in [4.78, 5) is 0. The topological polar surface area (TPSA) is 18.5 Å². The van der Waals surface area contributed by atoms with Crippen molar-refractivity contribution in [3.05, 3.63) is 0 Å². The minimum Gasteiger partial charge on any atom is -0.423 e. The second-order valence-electron chi connectivity index (χ2n) is 1.77. The van der Waals surface area contributed by atoms with Crippen LogP contribution in [-0.2, 0) is 8.23 Å². The Bertz CT molecular complexity index is 87.7. The van der Waals surface area contributed by atoms with Crippen molar-refractivity contribution in [1.29, 1.82) is 0 Å². The van der Waals surface area contributed by atoms with Crippen LogP contribution in [0.25, 0.3) is 0 Å². The fourth-order valence-electron chi connectivity index (χ4n) is 0.408. The van der Waals surface area contributed by atoms with Crippen LogP contribution >= 0.6 is 22.2 Å². The third-order valence-corrected chi connectivity index (χ3v) is 5.71. The molecule has 0 aliphatic rings. The molecule has 0 bridgehead atoms. The Morgan fingerprint density at radius 3 is 2.73 bits per heavy atom. The standard InChI is InChI=1S/C4H9Cl2O2Si3/c1-2-3-4-9-7-11(6)8-10-5/h2-4H2,1H3. The first-order valence-electron chi connectivity index (χ1n) is 3.26. The molecule has 0 N–H and O–H groups in total. The van der Waals surface area contributed by atoms with Crippen LogP contribution < -0.4 is 0 Å². The van der Waals surface area contributed by atoms with Crippen LogP contribution in [0.1, 0.15) is 19.8 Å². The molecule has 0 aliphatic carbocycles. The molecule has 0 spiro atoms. The van der Waals surface area contributed by atoms with Crippen molar-refractivity contribution in [2.75, 3.05) is 0 Å². The molecule has 0 aromatic rings.